The third-order valence-electron chi connectivity index (χ3n) is 9.86. The Kier molecular flexibility index (Phi) is 10.2. The van der Waals surface area contributed by atoms with E-state index in [9.17, 15) is 33.4 Å². The van der Waals surface area contributed by atoms with Crippen molar-refractivity contribution < 1.29 is 42.9 Å². The third-order valence-corrected chi connectivity index (χ3v) is 9.86. The summed E-state index contributed by atoms with van der Waals surface area (Å²) >= 11 is 0. The maximum absolute atomic E-state index is 13.7. The Balaban J connectivity index is 1.10. The topological polar surface area (TPSA) is 117 Å². The van der Waals surface area contributed by atoms with Crippen molar-refractivity contribution in [2.75, 3.05) is 31.3 Å². The van der Waals surface area contributed by atoms with Crippen LogP contribution in [0.2, 0.25) is 0 Å². The number of ether oxygens (including phenoxy) is 2. The lowest BCUT2D eigenvalue weighted by Gasteiger charge is -2.48. The molecule has 4 unspecified atom stereocenters. The van der Waals surface area contributed by atoms with Crippen LogP contribution in [0.3, 0.4) is 0 Å². The summed E-state index contributed by atoms with van der Waals surface area (Å²) in [5.41, 5.74) is 2.48. The number of aliphatic hydroxyl groups excluding tert-OH is 1. The van der Waals surface area contributed by atoms with Crippen molar-refractivity contribution in [2.45, 2.75) is 68.7 Å². The number of carboxylic acid groups (broad SMARTS) is 1. The summed E-state index contributed by atoms with van der Waals surface area (Å²) in [5.74, 6) is -2.61. The summed E-state index contributed by atoms with van der Waals surface area (Å²) in [5, 5.41) is 20.3. The second kappa shape index (κ2) is 14.5. The van der Waals surface area contributed by atoms with Gasteiger partial charge in [-0.25, -0.2) is 13.6 Å². The van der Waals surface area contributed by atoms with Crippen LogP contribution in [-0.2, 0) is 30.3 Å². The van der Waals surface area contributed by atoms with Crippen LogP contribution in [0.25, 0.3) is 0 Å². The van der Waals surface area contributed by atoms with E-state index in [4.69, 9.17) is 9.47 Å². The molecule has 0 radical (unpaired) electrons. The van der Waals surface area contributed by atoms with Crippen LogP contribution in [0.1, 0.15) is 67.4 Å². The van der Waals surface area contributed by atoms with Crippen LogP contribution < -0.4 is 4.90 Å². The first kappa shape index (κ1) is 33.7. The summed E-state index contributed by atoms with van der Waals surface area (Å²) in [7, 11) is 0. The number of aryl methyl sites for hydroxylation is 1. The Morgan fingerprint density at radius 2 is 1.62 bits per heavy atom. The van der Waals surface area contributed by atoms with Crippen molar-refractivity contribution in [1.82, 2.24) is 4.90 Å². The molecule has 0 bridgehead atoms. The molecule has 3 aromatic carbocycles. The van der Waals surface area contributed by atoms with E-state index >= 15 is 0 Å². The maximum atomic E-state index is 13.7. The fourth-order valence-electron chi connectivity index (χ4n) is 6.96. The van der Waals surface area contributed by atoms with E-state index in [0.717, 1.165) is 24.0 Å². The van der Waals surface area contributed by atoms with E-state index in [1.807, 2.05) is 24.3 Å². The number of carbonyl (C=O) groups excluding carboxylic acids is 2. The highest BCUT2D eigenvalue weighted by atomic mass is 19.1. The van der Waals surface area contributed by atoms with Gasteiger partial charge >= 0.3 is 5.97 Å². The zero-order valence-electron chi connectivity index (χ0n) is 26.6. The van der Waals surface area contributed by atoms with Gasteiger partial charge in [-0.2, -0.15) is 0 Å². The number of hydrogen-bond donors (Lipinski definition) is 2. The fraction of sp³-hybridized carbons (Fsp3) is 0.432. The van der Waals surface area contributed by atoms with Crippen LogP contribution in [0.4, 0.5) is 14.5 Å². The number of benzene rings is 3. The van der Waals surface area contributed by atoms with Gasteiger partial charge in [-0.15, -0.1) is 0 Å². The molecule has 3 aromatic rings. The molecule has 9 nitrogen and oxygen atoms in total. The number of aliphatic hydroxyl groups is 1. The van der Waals surface area contributed by atoms with Crippen LogP contribution in [-0.4, -0.2) is 70.9 Å². The first-order chi connectivity index (χ1) is 23.1. The molecule has 2 amide bonds. The number of likely N-dealkylation sites (tertiary alicyclic amines) is 1. The second-order valence-electron chi connectivity index (χ2n) is 13.0. The van der Waals surface area contributed by atoms with Crippen LogP contribution in [0.5, 0.6) is 0 Å². The van der Waals surface area contributed by atoms with Crippen molar-refractivity contribution in [3.05, 3.63) is 101 Å². The van der Waals surface area contributed by atoms with Crippen molar-refractivity contribution in [3.63, 3.8) is 0 Å². The number of amides is 2. The summed E-state index contributed by atoms with van der Waals surface area (Å²) in [4.78, 5) is 41.0. The summed E-state index contributed by atoms with van der Waals surface area (Å²) in [6, 6.07) is 18.3. The number of β-lactam (4-membered cyclic amide) rings is 1. The molecule has 3 fully saturated rings. The lowest BCUT2D eigenvalue weighted by molar-refractivity contribution is -0.215. The van der Waals surface area contributed by atoms with E-state index in [2.05, 4.69) is 0 Å². The van der Waals surface area contributed by atoms with E-state index in [-0.39, 0.29) is 30.3 Å². The van der Waals surface area contributed by atoms with E-state index < -0.39 is 35.5 Å². The first-order valence-corrected chi connectivity index (χ1v) is 16.5. The van der Waals surface area contributed by atoms with Gasteiger partial charge in [0.2, 0.25) is 11.8 Å². The molecule has 6 rings (SSSR count). The van der Waals surface area contributed by atoms with Gasteiger partial charge in [0.15, 0.2) is 0 Å². The molecule has 0 spiro atoms. The standard InChI is InChI=1S/C37H40F2N2O7/c38-27-10-8-25(9-11-27)32(42)17-16-30-34(41(35(30)44)29-14-12-28(39)13-15-29)26-6-4-24(5-7-26)18-19-37(22-47-23-37)48-21-33(43)40-20-2-1-3-31(40)36(45)46/h4-15,30-32,34,42H,1-3,16-23H2,(H,45,46). The normalized spacial score (nSPS) is 22.5. The quantitative estimate of drug-likeness (QED) is 0.237. The number of carbonyl (C=O) groups is 3. The molecule has 254 valence electrons. The molecule has 3 aliphatic rings. The number of aliphatic carboxylic acids is 1. The molecular formula is C37H40F2N2O7. The second-order valence-corrected chi connectivity index (χ2v) is 13.0. The highest BCUT2D eigenvalue weighted by Crippen LogP contribution is 2.46. The smallest absolute Gasteiger partial charge is 0.326 e. The molecule has 48 heavy (non-hydrogen) atoms. The van der Waals surface area contributed by atoms with Gasteiger partial charge in [0.05, 0.1) is 31.3 Å². The van der Waals surface area contributed by atoms with E-state index in [1.54, 1.807) is 17.0 Å². The minimum atomic E-state index is -0.992. The Labute approximate surface area is 278 Å². The first-order valence-electron chi connectivity index (χ1n) is 16.5. The number of rotatable bonds is 13. The predicted octanol–water partition coefficient (Wildman–Crippen LogP) is 5.37. The SMILES string of the molecule is O=C(O)C1CCCCN1C(=O)COC1(CCc2ccc(C3C(CCC(O)c4ccc(F)cc4)C(=O)N3c3ccc(F)cc3)cc2)COC1. The van der Waals surface area contributed by atoms with Crippen molar-refractivity contribution in [1.29, 1.82) is 0 Å². The van der Waals surface area contributed by atoms with Crippen molar-refractivity contribution >= 4 is 23.5 Å². The number of carboxylic acids is 1. The number of hydrogen-bond acceptors (Lipinski definition) is 6. The molecule has 3 heterocycles. The number of nitrogens with zero attached hydrogens (tertiary/aromatic N) is 2. The minimum Gasteiger partial charge on any atom is -0.480 e. The van der Waals surface area contributed by atoms with Crippen molar-refractivity contribution in [2.24, 2.45) is 5.92 Å². The lowest BCUT2D eigenvalue weighted by Crippen LogP contribution is -2.55. The van der Waals surface area contributed by atoms with Gasteiger partial charge in [0.25, 0.3) is 0 Å². The lowest BCUT2D eigenvalue weighted by atomic mass is 9.78. The largest absolute Gasteiger partial charge is 0.480 e. The maximum Gasteiger partial charge on any atom is 0.326 e. The molecule has 0 aromatic heterocycles. The Morgan fingerprint density at radius 1 is 0.958 bits per heavy atom. The van der Waals surface area contributed by atoms with Crippen LogP contribution in [0, 0.1) is 17.6 Å². The predicted molar refractivity (Wildman–Crippen MR) is 172 cm³/mol. The van der Waals surface area contributed by atoms with Gasteiger partial charge < -0.3 is 29.5 Å². The van der Waals surface area contributed by atoms with Crippen LogP contribution in [0.15, 0.2) is 72.8 Å². The average Bonchev–Trinajstić information content (AvgIpc) is 3.07. The van der Waals surface area contributed by atoms with Gasteiger partial charge in [0, 0.05) is 12.2 Å². The monoisotopic (exact) mass is 662 g/mol. The fourth-order valence-corrected chi connectivity index (χ4v) is 6.96. The molecule has 3 saturated heterocycles. The summed E-state index contributed by atoms with van der Waals surface area (Å²) in [6.07, 6.45) is 3.13. The Morgan fingerprint density at radius 3 is 2.25 bits per heavy atom. The highest BCUT2D eigenvalue weighted by Gasteiger charge is 2.48. The number of halogens is 2. The summed E-state index contributed by atoms with van der Waals surface area (Å²) in [6.45, 7) is 0.917. The molecule has 0 aliphatic carbocycles. The highest BCUT2D eigenvalue weighted by molar-refractivity contribution is 6.03. The Hall–Kier alpha value is -4.19. The molecule has 2 N–H and O–H groups in total. The minimum absolute atomic E-state index is 0.111. The third kappa shape index (κ3) is 7.28. The van der Waals surface area contributed by atoms with Gasteiger partial charge in [-0.05, 0) is 98.0 Å². The van der Waals surface area contributed by atoms with E-state index in [1.165, 1.54) is 41.3 Å². The number of piperidine rings is 1. The zero-order valence-corrected chi connectivity index (χ0v) is 26.6. The van der Waals surface area contributed by atoms with Gasteiger partial charge in [-0.3, -0.25) is 9.59 Å². The zero-order chi connectivity index (χ0) is 33.8. The van der Waals surface area contributed by atoms with Crippen LogP contribution >= 0.6 is 0 Å². The number of anilines is 1. The molecule has 11 heteroatoms. The average molecular weight is 663 g/mol. The summed E-state index contributed by atoms with van der Waals surface area (Å²) < 4.78 is 38.6. The molecule has 0 saturated carbocycles. The molecular weight excluding hydrogens is 622 g/mol. The molecule has 3 aliphatic heterocycles. The Bertz CT molecular complexity index is 1600. The van der Waals surface area contributed by atoms with Gasteiger partial charge in [0.1, 0.15) is 29.9 Å². The van der Waals surface area contributed by atoms with E-state index in [0.29, 0.717) is 63.1 Å². The molecule has 4 atom stereocenters. The van der Waals surface area contributed by atoms with Crippen molar-refractivity contribution in [3.8, 4) is 0 Å². The van der Waals surface area contributed by atoms with Gasteiger partial charge in [-0.1, -0.05) is 36.4 Å².